The van der Waals surface area contributed by atoms with E-state index in [1.165, 1.54) is 11.0 Å². The summed E-state index contributed by atoms with van der Waals surface area (Å²) in [7, 11) is 5.14. The molecule has 38 heavy (non-hydrogen) atoms. The van der Waals surface area contributed by atoms with Gasteiger partial charge in [0.15, 0.2) is 0 Å². The highest BCUT2D eigenvalue weighted by molar-refractivity contribution is 9.10. The summed E-state index contributed by atoms with van der Waals surface area (Å²) in [6.07, 6.45) is 7.59. The Bertz CT molecular complexity index is 1310. The van der Waals surface area contributed by atoms with E-state index in [0.29, 0.717) is 11.6 Å². The van der Waals surface area contributed by atoms with Gasteiger partial charge in [-0.3, -0.25) is 14.2 Å². The van der Waals surface area contributed by atoms with Gasteiger partial charge in [-0.2, -0.15) is 0 Å². The quantitative estimate of drug-likeness (QED) is 0.256. The van der Waals surface area contributed by atoms with Crippen LogP contribution in [-0.2, 0) is 0 Å². The second-order valence-corrected chi connectivity index (χ2v) is 8.09. The smallest absolute Gasteiger partial charge is 0.279 e. The Labute approximate surface area is 230 Å². The summed E-state index contributed by atoms with van der Waals surface area (Å²) in [6.45, 7) is 3.29. The molecule has 4 aromatic rings. The maximum atomic E-state index is 11.7. The summed E-state index contributed by atoms with van der Waals surface area (Å²) in [5, 5.41) is 3.02. The number of nitrogens with one attached hydrogen (secondary N) is 2. The first-order valence-electron chi connectivity index (χ1n) is 11.5. The van der Waals surface area contributed by atoms with Crippen LogP contribution in [0.25, 0.3) is 5.82 Å². The minimum absolute atomic E-state index is 0.195. The zero-order valence-corrected chi connectivity index (χ0v) is 23.4. The van der Waals surface area contributed by atoms with Gasteiger partial charge in [-0.25, -0.2) is 9.97 Å². The third-order valence-corrected chi connectivity index (χ3v) is 4.93. The second kappa shape index (κ2) is 18.1. The van der Waals surface area contributed by atoms with Gasteiger partial charge in [-0.05, 0) is 84.5 Å². The predicted molar refractivity (Wildman–Crippen MR) is 155 cm³/mol. The van der Waals surface area contributed by atoms with Crippen molar-refractivity contribution in [3.8, 4) is 17.3 Å². The molecular formula is C26H34BrN7O4. The number of nitrogen functional groups attached to an aromatic ring is 2. The van der Waals surface area contributed by atoms with Gasteiger partial charge in [0.1, 0.15) is 21.9 Å². The Balaban J connectivity index is 0.000000279. The van der Waals surface area contributed by atoms with Gasteiger partial charge in [0.25, 0.3) is 11.1 Å². The molecule has 0 aliphatic heterocycles. The molecule has 4 heterocycles. The van der Waals surface area contributed by atoms with Gasteiger partial charge >= 0.3 is 0 Å². The molecule has 0 unspecified atom stereocenters. The van der Waals surface area contributed by atoms with E-state index in [1.807, 2.05) is 19.2 Å². The third kappa shape index (κ3) is 11.7. The molecule has 0 radical (unpaired) electrons. The van der Waals surface area contributed by atoms with Gasteiger partial charge in [-0.15, -0.1) is 0 Å². The van der Waals surface area contributed by atoms with Crippen molar-refractivity contribution in [2.75, 3.05) is 39.3 Å². The second-order valence-electron chi connectivity index (χ2n) is 7.27. The van der Waals surface area contributed by atoms with Gasteiger partial charge in [0.05, 0.1) is 38.0 Å². The first-order chi connectivity index (χ1) is 18.3. The lowest BCUT2D eigenvalue weighted by atomic mass is 10.4. The number of aromatic amines is 1. The molecule has 0 saturated carbocycles. The highest BCUT2D eigenvalue weighted by atomic mass is 79.9. The molecule has 0 fully saturated rings. The Morgan fingerprint density at radius 3 is 2.00 bits per heavy atom. The lowest BCUT2D eigenvalue weighted by Crippen LogP contribution is -2.21. The Morgan fingerprint density at radius 1 is 0.947 bits per heavy atom. The maximum absolute atomic E-state index is 11.7. The van der Waals surface area contributed by atoms with E-state index >= 15 is 0 Å². The fourth-order valence-corrected chi connectivity index (χ4v) is 2.73. The lowest BCUT2D eigenvalue weighted by Gasteiger charge is -2.05. The normalized spacial score (nSPS) is 9.39. The van der Waals surface area contributed by atoms with Crippen LogP contribution in [-0.4, -0.2) is 47.3 Å². The molecule has 4 rings (SSSR count). The number of H-pyrrole nitrogens is 1. The van der Waals surface area contributed by atoms with E-state index in [9.17, 15) is 9.59 Å². The monoisotopic (exact) mass is 587 g/mol. The van der Waals surface area contributed by atoms with E-state index < -0.39 is 0 Å². The van der Waals surface area contributed by atoms with Crippen LogP contribution < -0.4 is 37.4 Å². The maximum Gasteiger partial charge on any atom is 0.279 e. The molecule has 4 aromatic heterocycles. The molecule has 0 aliphatic carbocycles. The average molecular weight is 589 g/mol. The lowest BCUT2D eigenvalue weighted by molar-refractivity contribution is 0.412. The molecule has 0 aliphatic rings. The SMILES string of the molecule is CCCNC.COc1ccc(-n2cccc(N)c2=O)nc1.COc1ccc(Br)nc1.Nc1ccc[nH]c1=O. The molecule has 12 heteroatoms. The highest BCUT2D eigenvalue weighted by Gasteiger charge is 2.03. The molecule has 0 spiro atoms. The van der Waals surface area contributed by atoms with Crippen molar-refractivity contribution in [1.82, 2.24) is 24.8 Å². The van der Waals surface area contributed by atoms with Gasteiger partial charge < -0.3 is 31.2 Å². The molecule has 0 atom stereocenters. The van der Waals surface area contributed by atoms with Gasteiger partial charge in [0.2, 0.25) is 0 Å². The number of nitrogens with two attached hydrogens (primary N) is 2. The topological polar surface area (TPSA) is 163 Å². The van der Waals surface area contributed by atoms with E-state index in [-0.39, 0.29) is 22.5 Å². The average Bonchev–Trinajstić information content (AvgIpc) is 2.94. The predicted octanol–water partition coefficient (Wildman–Crippen LogP) is 3.25. The number of rotatable bonds is 5. The fourth-order valence-electron chi connectivity index (χ4n) is 2.49. The largest absolute Gasteiger partial charge is 0.495 e. The Hall–Kier alpha value is -4.16. The van der Waals surface area contributed by atoms with E-state index in [4.69, 9.17) is 20.9 Å². The van der Waals surface area contributed by atoms with Crippen LogP contribution in [0.2, 0.25) is 0 Å². The number of hydrogen-bond acceptors (Lipinski definition) is 9. The number of nitrogens with zero attached hydrogens (tertiary/aromatic N) is 3. The first-order valence-corrected chi connectivity index (χ1v) is 12.3. The molecular weight excluding hydrogens is 554 g/mol. The number of pyridine rings is 4. The number of methoxy groups -OCH3 is 2. The summed E-state index contributed by atoms with van der Waals surface area (Å²) >= 11 is 3.21. The molecule has 0 aromatic carbocycles. The van der Waals surface area contributed by atoms with Crippen LogP contribution in [0.5, 0.6) is 11.5 Å². The zero-order valence-electron chi connectivity index (χ0n) is 21.8. The zero-order chi connectivity index (χ0) is 28.3. The van der Waals surface area contributed by atoms with Crippen LogP contribution in [0.15, 0.2) is 87.5 Å². The molecule has 0 bridgehead atoms. The molecule has 204 valence electrons. The van der Waals surface area contributed by atoms with Crippen molar-refractivity contribution in [2.45, 2.75) is 13.3 Å². The fraction of sp³-hybridized carbons (Fsp3) is 0.231. The van der Waals surface area contributed by atoms with Crippen LogP contribution >= 0.6 is 15.9 Å². The number of ether oxygens (including phenoxy) is 2. The van der Waals surface area contributed by atoms with E-state index in [0.717, 1.165) is 16.9 Å². The standard InChI is InChI=1S/C11H11N3O2.C6H6BrNO.C5H6N2O.C4H11N/c1-16-8-4-5-10(13-7-8)14-6-2-3-9(12)11(14)15;1-9-5-2-3-6(7)8-4-5;6-4-2-1-3-7-5(4)8;1-3-4-5-2/h2-7H,12H2,1H3;2-4H,1H3;1-3H,6H2,(H,7,8);5H,3-4H2,1-2H3. The number of hydrogen-bond donors (Lipinski definition) is 4. The summed E-state index contributed by atoms with van der Waals surface area (Å²) in [6, 6.07) is 13.6. The summed E-state index contributed by atoms with van der Waals surface area (Å²) in [5.41, 5.74) is 10.6. The first kappa shape index (κ1) is 31.9. The Morgan fingerprint density at radius 2 is 1.58 bits per heavy atom. The van der Waals surface area contributed by atoms with Crippen molar-refractivity contribution >= 4 is 27.3 Å². The van der Waals surface area contributed by atoms with Crippen molar-refractivity contribution in [2.24, 2.45) is 0 Å². The molecule has 11 nitrogen and oxygen atoms in total. The van der Waals surface area contributed by atoms with Crippen molar-refractivity contribution in [3.05, 3.63) is 98.6 Å². The highest BCUT2D eigenvalue weighted by Crippen LogP contribution is 2.11. The number of halogens is 1. The van der Waals surface area contributed by atoms with E-state index in [1.54, 1.807) is 75.4 Å². The summed E-state index contributed by atoms with van der Waals surface area (Å²) < 4.78 is 12.1. The van der Waals surface area contributed by atoms with Crippen LogP contribution in [0.1, 0.15) is 13.3 Å². The van der Waals surface area contributed by atoms with Gasteiger partial charge in [0, 0.05) is 12.4 Å². The molecule has 6 N–H and O–H groups in total. The minimum Gasteiger partial charge on any atom is -0.495 e. The van der Waals surface area contributed by atoms with Crippen LogP contribution in [0, 0.1) is 0 Å². The number of anilines is 2. The molecule has 0 saturated heterocycles. The van der Waals surface area contributed by atoms with Crippen molar-refractivity contribution < 1.29 is 9.47 Å². The third-order valence-electron chi connectivity index (χ3n) is 4.46. The van der Waals surface area contributed by atoms with Crippen LogP contribution in [0.4, 0.5) is 11.4 Å². The summed E-state index contributed by atoms with van der Waals surface area (Å²) in [5.74, 6) is 1.93. The molecule has 0 amide bonds. The Kier molecular flexibility index (Phi) is 15.2. The minimum atomic E-state index is -0.278. The van der Waals surface area contributed by atoms with Crippen molar-refractivity contribution in [1.29, 1.82) is 0 Å². The number of aromatic nitrogens is 4. The van der Waals surface area contributed by atoms with E-state index in [2.05, 4.69) is 43.1 Å². The van der Waals surface area contributed by atoms with Crippen molar-refractivity contribution in [3.63, 3.8) is 0 Å². The van der Waals surface area contributed by atoms with Gasteiger partial charge in [-0.1, -0.05) is 6.92 Å². The van der Waals surface area contributed by atoms with Crippen LogP contribution in [0.3, 0.4) is 0 Å². The summed E-state index contributed by atoms with van der Waals surface area (Å²) in [4.78, 5) is 32.6.